The number of benzene rings is 2. The number of ether oxygens (including phenoxy) is 1. The van der Waals surface area contributed by atoms with Crippen LogP contribution in [0.15, 0.2) is 61.1 Å². The van der Waals surface area contributed by atoms with E-state index in [1.165, 1.54) is 19.3 Å². The Bertz CT molecular complexity index is 1390. The Balaban J connectivity index is 1.56. The van der Waals surface area contributed by atoms with Gasteiger partial charge in [0.05, 0.1) is 17.8 Å². The number of carbonyl (C=O) groups is 1. The summed E-state index contributed by atoms with van der Waals surface area (Å²) in [7, 11) is 0. The number of anilines is 2. The maximum absolute atomic E-state index is 14.7. The molecule has 2 N–H and O–H groups in total. The minimum absolute atomic E-state index is 0.0981. The van der Waals surface area contributed by atoms with Crippen LogP contribution in [0.5, 0.6) is 11.5 Å². The maximum atomic E-state index is 14.7. The first-order valence-corrected chi connectivity index (χ1v) is 10.1. The van der Waals surface area contributed by atoms with Crippen LogP contribution in [-0.4, -0.2) is 27.4 Å². The number of pyridine rings is 1. The van der Waals surface area contributed by atoms with E-state index in [1.807, 2.05) is 18.2 Å². The van der Waals surface area contributed by atoms with Crippen molar-refractivity contribution >= 4 is 28.3 Å². The third-order valence-electron chi connectivity index (χ3n) is 4.67. The van der Waals surface area contributed by atoms with Crippen LogP contribution in [0.25, 0.3) is 10.9 Å². The van der Waals surface area contributed by atoms with Gasteiger partial charge in [0.15, 0.2) is 11.6 Å². The summed E-state index contributed by atoms with van der Waals surface area (Å²) >= 11 is 0. The van der Waals surface area contributed by atoms with Crippen LogP contribution >= 0.6 is 0 Å². The molecule has 0 fully saturated rings. The van der Waals surface area contributed by atoms with Gasteiger partial charge in [0.1, 0.15) is 17.9 Å². The number of nitrogens with zero attached hydrogens (tertiary/aromatic N) is 3. The number of fused-ring (bicyclic) bond motifs is 1. The van der Waals surface area contributed by atoms with Crippen molar-refractivity contribution in [1.82, 2.24) is 20.3 Å². The number of amides is 1. The van der Waals surface area contributed by atoms with E-state index in [2.05, 4.69) is 37.4 Å². The van der Waals surface area contributed by atoms with Crippen molar-refractivity contribution in [2.75, 3.05) is 11.9 Å². The summed E-state index contributed by atoms with van der Waals surface area (Å²) in [4.78, 5) is 23.7. The zero-order valence-electron chi connectivity index (χ0n) is 18.0. The van der Waals surface area contributed by atoms with E-state index in [1.54, 1.807) is 37.4 Å². The van der Waals surface area contributed by atoms with E-state index < -0.39 is 5.82 Å². The molecular formula is C25H20FN5O2. The largest absolute Gasteiger partial charge is 0.452 e. The number of aromatic nitrogens is 3. The minimum atomic E-state index is -0.522. The lowest BCUT2D eigenvalue weighted by atomic mass is 10.1. The lowest BCUT2D eigenvalue weighted by Crippen LogP contribution is -2.19. The van der Waals surface area contributed by atoms with E-state index >= 15 is 0 Å². The van der Waals surface area contributed by atoms with Gasteiger partial charge in [-0.15, -0.1) is 0 Å². The van der Waals surface area contributed by atoms with Gasteiger partial charge in [-0.2, -0.15) is 0 Å². The second-order valence-corrected chi connectivity index (χ2v) is 7.12. The summed E-state index contributed by atoms with van der Waals surface area (Å²) in [5, 5.41) is 6.49. The third kappa shape index (κ3) is 5.40. The summed E-state index contributed by atoms with van der Waals surface area (Å²) in [6.07, 6.45) is 3.09. The van der Waals surface area contributed by atoms with Crippen LogP contribution in [0.4, 0.5) is 15.9 Å². The van der Waals surface area contributed by atoms with E-state index in [4.69, 9.17) is 4.74 Å². The number of halogens is 1. The molecule has 164 valence electrons. The summed E-state index contributed by atoms with van der Waals surface area (Å²) in [6, 6.07) is 13.6. The first-order chi connectivity index (χ1) is 16.0. The molecule has 8 heteroatoms. The molecule has 1 amide bonds. The molecule has 0 unspecified atom stereocenters. The van der Waals surface area contributed by atoms with Crippen LogP contribution in [-0.2, 0) is 4.79 Å². The van der Waals surface area contributed by atoms with Crippen molar-refractivity contribution in [2.45, 2.75) is 13.8 Å². The molecule has 0 aliphatic heterocycles. The minimum Gasteiger partial charge on any atom is -0.452 e. The lowest BCUT2D eigenvalue weighted by molar-refractivity contribution is -0.118. The van der Waals surface area contributed by atoms with Crippen molar-refractivity contribution < 1.29 is 13.9 Å². The van der Waals surface area contributed by atoms with Crippen molar-refractivity contribution in [2.24, 2.45) is 0 Å². The number of nitrogens with one attached hydrogen (secondary N) is 2. The van der Waals surface area contributed by atoms with Gasteiger partial charge in [-0.25, -0.2) is 14.4 Å². The predicted molar refractivity (Wildman–Crippen MR) is 124 cm³/mol. The number of aryl methyl sites for hydroxylation is 1. The Labute approximate surface area is 190 Å². The molecular weight excluding hydrogens is 421 g/mol. The first kappa shape index (κ1) is 21.7. The molecule has 0 atom stereocenters. The monoisotopic (exact) mass is 441 g/mol. The van der Waals surface area contributed by atoms with Gasteiger partial charge in [0.2, 0.25) is 5.91 Å². The van der Waals surface area contributed by atoms with Crippen LogP contribution in [0.2, 0.25) is 0 Å². The summed E-state index contributed by atoms with van der Waals surface area (Å²) in [6.45, 7) is 3.49. The fourth-order valence-electron chi connectivity index (χ4n) is 3.04. The second-order valence-electron chi connectivity index (χ2n) is 7.12. The van der Waals surface area contributed by atoms with E-state index in [0.29, 0.717) is 28.5 Å². The molecule has 0 saturated carbocycles. The van der Waals surface area contributed by atoms with Gasteiger partial charge in [0.25, 0.3) is 0 Å². The molecule has 2 aromatic heterocycles. The van der Waals surface area contributed by atoms with Crippen molar-refractivity contribution in [3.63, 3.8) is 0 Å². The smallest absolute Gasteiger partial charge is 0.217 e. The molecule has 2 aromatic carbocycles. The molecule has 4 aromatic rings. The van der Waals surface area contributed by atoms with Gasteiger partial charge in [0, 0.05) is 35.8 Å². The van der Waals surface area contributed by atoms with Gasteiger partial charge in [-0.3, -0.25) is 9.78 Å². The average Bonchev–Trinajstić information content (AvgIpc) is 2.80. The molecule has 0 aliphatic rings. The summed E-state index contributed by atoms with van der Waals surface area (Å²) in [5.74, 6) is 6.34. The highest BCUT2D eigenvalue weighted by molar-refractivity contribution is 5.91. The van der Waals surface area contributed by atoms with Crippen molar-refractivity contribution in [3.8, 4) is 23.3 Å². The molecule has 2 heterocycles. The standard InChI is InChI=1S/C25H20FN5O2/c1-16-23(6-4-11-27-16)33-24-10-8-19(14-21(24)26)31-25-20-13-18(5-3-12-28-17(2)32)7-9-22(20)29-15-30-25/h4,6-11,13-15H,12H2,1-2H3,(H,28,32)(H,29,30,31). The normalized spacial score (nSPS) is 10.3. The van der Waals surface area contributed by atoms with E-state index in [0.717, 1.165) is 10.9 Å². The highest BCUT2D eigenvalue weighted by Crippen LogP contribution is 2.30. The fourth-order valence-corrected chi connectivity index (χ4v) is 3.04. The van der Waals surface area contributed by atoms with Crippen LogP contribution in [0.3, 0.4) is 0 Å². The zero-order valence-corrected chi connectivity index (χ0v) is 18.0. The molecule has 0 spiro atoms. The van der Waals surface area contributed by atoms with Gasteiger partial charge in [-0.05, 0) is 49.4 Å². The summed E-state index contributed by atoms with van der Waals surface area (Å²) < 4.78 is 20.4. The number of hydrogen-bond donors (Lipinski definition) is 2. The zero-order chi connectivity index (χ0) is 23.2. The van der Waals surface area contributed by atoms with Crippen LogP contribution in [0, 0.1) is 24.6 Å². The number of hydrogen-bond acceptors (Lipinski definition) is 6. The van der Waals surface area contributed by atoms with Crippen molar-refractivity contribution in [3.05, 3.63) is 78.1 Å². The second kappa shape index (κ2) is 9.75. The highest BCUT2D eigenvalue weighted by Gasteiger charge is 2.10. The first-order valence-electron chi connectivity index (χ1n) is 10.1. The topological polar surface area (TPSA) is 89.0 Å². The lowest BCUT2D eigenvalue weighted by Gasteiger charge is -2.12. The average molecular weight is 441 g/mol. The molecule has 0 radical (unpaired) electrons. The molecule has 4 rings (SSSR count). The van der Waals surface area contributed by atoms with E-state index in [-0.39, 0.29) is 18.2 Å². The molecule has 7 nitrogen and oxygen atoms in total. The Morgan fingerprint density at radius 1 is 1.09 bits per heavy atom. The molecule has 0 aliphatic carbocycles. The Kier molecular flexibility index (Phi) is 6.41. The van der Waals surface area contributed by atoms with Crippen LogP contribution in [0.1, 0.15) is 18.2 Å². The van der Waals surface area contributed by atoms with E-state index in [9.17, 15) is 9.18 Å². The SMILES string of the molecule is CC(=O)NCC#Cc1ccc2ncnc(Nc3ccc(Oc4cccnc4C)c(F)c3)c2c1. The van der Waals surface area contributed by atoms with Gasteiger partial charge < -0.3 is 15.4 Å². The highest BCUT2D eigenvalue weighted by atomic mass is 19.1. The molecule has 33 heavy (non-hydrogen) atoms. The number of rotatable bonds is 5. The Hall–Kier alpha value is -4.51. The van der Waals surface area contributed by atoms with Gasteiger partial charge >= 0.3 is 0 Å². The van der Waals surface area contributed by atoms with Gasteiger partial charge in [-0.1, -0.05) is 11.8 Å². The van der Waals surface area contributed by atoms with Crippen molar-refractivity contribution in [1.29, 1.82) is 0 Å². The molecule has 0 bridgehead atoms. The quantitative estimate of drug-likeness (QED) is 0.444. The van der Waals surface area contributed by atoms with Crippen LogP contribution < -0.4 is 15.4 Å². The third-order valence-corrected chi connectivity index (χ3v) is 4.67. The number of carbonyl (C=O) groups excluding carboxylic acids is 1. The fraction of sp³-hybridized carbons (Fsp3) is 0.120. The predicted octanol–water partition coefficient (Wildman–Crippen LogP) is 4.50. The Morgan fingerprint density at radius 3 is 2.76 bits per heavy atom. The summed E-state index contributed by atoms with van der Waals surface area (Å²) in [5.41, 5.74) is 2.63. The molecule has 0 saturated heterocycles. The Morgan fingerprint density at radius 2 is 1.97 bits per heavy atom. The maximum Gasteiger partial charge on any atom is 0.217 e.